The van der Waals surface area contributed by atoms with Crippen molar-refractivity contribution < 1.29 is 9.47 Å². The summed E-state index contributed by atoms with van der Waals surface area (Å²) < 4.78 is 10.4. The first kappa shape index (κ1) is 11.7. The lowest BCUT2D eigenvalue weighted by Crippen LogP contribution is -2.04. The van der Waals surface area contributed by atoms with Gasteiger partial charge in [0.1, 0.15) is 12.9 Å². The van der Waals surface area contributed by atoms with Crippen LogP contribution in [0.15, 0.2) is 55.1 Å². The van der Waals surface area contributed by atoms with Gasteiger partial charge in [0.05, 0.1) is 0 Å². The quantitative estimate of drug-likeness (QED) is 0.523. The van der Waals surface area contributed by atoms with Crippen molar-refractivity contribution in [1.82, 2.24) is 0 Å². The second-order valence-corrected chi connectivity index (χ2v) is 3.03. The van der Waals surface area contributed by atoms with Crippen LogP contribution in [0.25, 0.3) is 0 Å². The number of hydrogen-bond donors (Lipinski definition) is 0. The molecule has 0 aliphatic carbocycles. The smallest absolute Gasteiger partial charge is 0.147 e. The Morgan fingerprint density at radius 2 is 2.07 bits per heavy atom. The van der Waals surface area contributed by atoms with E-state index in [2.05, 4.69) is 6.58 Å². The van der Waals surface area contributed by atoms with Crippen LogP contribution in [-0.2, 0) is 9.47 Å². The minimum Gasteiger partial charge on any atom is -0.359 e. The van der Waals surface area contributed by atoms with Crippen LogP contribution < -0.4 is 0 Å². The molecular weight excluding hydrogens is 188 g/mol. The van der Waals surface area contributed by atoms with Crippen molar-refractivity contribution in [2.45, 2.75) is 6.10 Å². The first-order valence-corrected chi connectivity index (χ1v) is 4.83. The highest BCUT2D eigenvalue weighted by Crippen LogP contribution is 2.18. The molecule has 0 unspecified atom stereocenters. The minimum absolute atomic E-state index is 0.0795. The Morgan fingerprint density at radius 3 is 2.67 bits per heavy atom. The zero-order valence-electron chi connectivity index (χ0n) is 8.93. The molecule has 1 aromatic rings. The highest BCUT2D eigenvalue weighted by molar-refractivity contribution is 5.22. The van der Waals surface area contributed by atoms with Gasteiger partial charge in [-0.1, -0.05) is 55.1 Å². The average molecular weight is 204 g/mol. The highest BCUT2D eigenvalue weighted by Gasteiger charge is 2.06. The Balaban J connectivity index is 2.71. The van der Waals surface area contributed by atoms with Crippen LogP contribution in [-0.4, -0.2) is 13.9 Å². The maximum Gasteiger partial charge on any atom is 0.147 e. The normalized spacial score (nSPS) is 12.9. The lowest BCUT2D eigenvalue weighted by Gasteiger charge is -2.13. The monoisotopic (exact) mass is 204 g/mol. The Kier molecular flexibility index (Phi) is 5.44. The molecule has 1 rings (SSSR count). The van der Waals surface area contributed by atoms with E-state index in [9.17, 15) is 0 Å². The topological polar surface area (TPSA) is 18.5 Å². The van der Waals surface area contributed by atoms with Gasteiger partial charge in [0.25, 0.3) is 0 Å². The zero-order valence-corrected chi connectivity index (χ0v) is 8.93. The van der Waals surface area contributed by atoms with E-state index in [-0.39, 0.29) is 12.9 Å². The summed E-state index contributed by atoms with van der Waals surface area (Å²) in [6.45, 7) is 3.91. The number of methoxy groups -OCH3 is 1. The summed E-state index contributed by atoms with van der Waals surface area (Å²) in [6.07, 6.45) is 5.46. The molecule has 2 heteroatoms. The average Bonchev–Trinajstić information content (AvgIpc) is 2.30. The lowest BCUT2D eigenvalue weighted by molar-refractivity contribution is -0.0566. The summed E-state index contributed by atoms with van der Waals surface area (Å²) in [5, 5.41) is 0. The van der Waals surface area contributed by atoms with Gasteiger partial charge < -0.3 is 9.47 Å². The van der Waals surface area contributed by atoms with Crippen LogP contribution in [0.5, 0.6) is 0 Å². The second-order valence-electron chi connectivity index (χ2n) is 3.03. The van der Waals surface area contributed by atoms with Gasteiger partial charge in [-0.15, -0.1) is 0 Å². The standard InChI is InChI=1S/C13H16O2/c1-3-4-10-13(15-11-14-2)12-8-6-5-7-9-12/h3-10,13H,1,11H2,2H3/b10-4+/t13-/m1/s1. The van der Waals surface area contributed by atoms with Crippen LogP contribution in [0.2, 0.25) is 0 Å². The van der Waals surface area contributed by atoms with Crippen molar-refractivity contribution >= 4 is 0 Å². The van der Waals surface area contributed by atoms with Crippen LogP contribution in [0, 0.1) is 0 Å². The van der Waals surface area contributed by atoms with Gasteiger partial charge in [-0.05, 0) is 5.56 Å². The molecule has 1 aromatic carbocycles. The maximum atomic E-state index is 5.52. The van der Waals surface area contributed by atoms with E-state index in [1.54, 1.807) is 13.2 Å². The first-order chi connectivity index (χ1) is 7.38. The zero-order chi connectivity index (χ0) is 10.9. The Morgan fingerprint density at radius 1 is 1.33 bits per heavy atom. The third-order valence-electron chi connectivity index (χ3n) is 1.92. The summed E-state index contributed by atoms with van der Waals surface area (Å²) in [6, 6.07) is 10.00. The Labute approximate surface area is 90.8 Å². The van der Waals surface area contributed by atoms with Gasteiger partial charge in [-0.3, -0.25) is 0 Å². The van der Waals surface area contributed by atoms with Crippen molar-refractivity contribution in [3.63, 3.8) is 0 Å². The van der Waals surface area contributed by atoms with E-state index in [0.29, 0.717) is 0 Å². The number of ether oxygens (including phenoxy) is 2. The molecule has 0 N–H and O–H groups in total. The number of rotatable bonds is 6. The summed E-state index contributed by atoms with van der Waals surface area (Å²) in [4.78, 5) is 0. The lowest BCUT2D eigenvalue weighted by atomic mass is 10.1. The number of hydrogen-bond acceptors (Lipinski definition) is 2. The third kappa shape index (κ3) is 4.11. The molecule has 0 radical (unpaired) electrons. The van der Waals surface area contributed by atoms with Crippen molar-refractivity contribution in [3.8, 4) is 0 Å². The van der Waals surface area contributed by atoms with Crippen molar-refractivity contribution in [2.24, 2.45) is 0 Å². The fourth-order valence-electron chi connectivity index (χ4n) is 1.23. The third-order valence-corrected chi connectivity index (χ3v) is 1.92. The highest BCUT2D eigenvalue weighted by atomic mass is 16.7. The molecule has 2 nitrogen and oxygen atoms in total. The van der Waals surface area contributed by atoms with Crippen LogP contribution >= 0.6 is 0 Å². The van der Waals surface area contributed by atoms with Gasteiger partial charge in [0.15, 0.2) is 0 Å². The number of allylic oxidation sites excluding steroid dienone is 2. The Hall–Kier alpha value is -1.38. The molecule has 15 heavy (non-hydrogen) atoms. The largest absolute Gasteiger partial charge is 0.359 e. The molecule has 0 bridgehead atoms. The minimum atomic E-state index is -0.0795. The molecule has 0 aromatic heterocycles. The van der Waals surface area contributed by atoms with Gasteiger partial charge >= 0.3 is 0 Å². The predicted molar refractivity (Wildman–Crippen MR) is 61.5 cm³/mol. The van der Waals surface area contributed by atoms with Gasteiger partial charge in [0.2, 0.25) is 0 Å². The molecule has 1 atom stereocenters. The van der Waals surface area contributed by atoms with E-state index < -0.39 is 0 Å². The van der Waals surface area contributed by atoms with E-state index in [1.165, 1.54) is 0 Å². The van der Waals surface area contributed by atoms with Crippen molar-refractivity contribution in [1.29, 1.82) is 0 Å². The van der Waals surface area contributed by atoms with E-state index in [4.69, 9.17) is 9.47 Å². The van der Waals surface area contributed by atoms with Gasteiger partial charge in [-0.2, -0.15) is 0 Å². The van der Waals surface area contributed by atoms with E-state index in [0.717, 1.165) is 5.56 Å². The van der Waals surface area contributed by atoms with Crippen molar-refractivity contribution in [3.05, 3.63) is 60.7 Å². The molecule has 0 saturated heterocycles. The predicted octanol–water partition coefficient (Wildman–Crippen LogP) is 3.09. The van der Waals surface area contributed by atoms with Crippen LogP contribution in [0.4, 0.5) is 0 Å². The molecule has 0 spiro atoms. The fourth-order valence-corrected chi connectivity index (χ4v) is 1.23. The van der Waals surface area contributed by atoms with Crippen molar-refractivity contribution in [2.75, 3.05) is 13.9 Å². The molecule has 0 amide bonds. The SMILES string of the molecule is C=C/C=C/[C@@H](OCOC)c1ccccc1. The van der Waals surface area contributed by atoms with E-state index in [1.807, 2.05) is 42.5 Å². The molecule has 0 saturated carbocycles. The van der Waals surface area contributed by atoms with Gasteiger partial charge in [-0.25, -0.2) is 0 Å². The van der Waals surface area contributed by atoms with Crippen LogP contribution in [0.1, 0.15) is 11.7 Å². The van der Waals surface area contributed by atoms with Gasteiger partial charge in [0, 0.05) is 7.11 Å². The van der Waals surface area contributed by atoms with Crippen LogP contribution in [0.3, 0.4) is 0 Å². The summed E-state index contributed by atoms with van der Waals surface area (Å²) in [5.74, 6) is 0. The first-order valence-electron chi connectivity index (χ1n) is 4.83. The molecular formula is C13H16O2. The summed E-state index contributed by atoms with van der Waals surface area (Å²) in [7, 11) is 1.61. The summed E-state index contributed by atoms with van der Waals surface area (Å²) >= 11 is 0. The molecule has 0 aliphatic heterocycles. The number of benzene rings is 1. The fraction of sp³-hybridized carbons (Fsp3) is 0.231. The molecule has 80 valence electrons. The van der Waals surface area contributed by atoms with E-state index >= 15 is 0 Å². The molecule has 0 heterocycles. The maximum absolute atomic E-state index is 5.52. The Bertz CT molecular complexity index is 304. The molecule has 0 aliphatic rings. The molecule has 0 fully saturated rings. The summed E-state index contributed by atoms with van der Waals surface area (Å²) in [5.41, 5.74) is 1.10. The second kappa shape index (κ2) is 6.98.